The third-order valence-electron chi connectivity index (χ3n) is 3.99. The quantitative estimate of drug-likeness (QED) is 0.889. The molecule has 3 heteroatoms. The lowest BCUT2D eigenvalue weighted by molar-refractivity contribution is -0.0536. The molecule has 1 aromatic carbocycles. The molecule has 0 aliphatic carbocycles. The van der Waals surface area contributed by atoms with Crippen LogP contribution in [-0.4, -0.2) is 31.9 Å². The summed E-state index contributed by atoms with van der Waals surface area (Å²) < 4.78 is 11.9. The van der Waals surface area contributed by atoms with Gasteiger partial charge >= 0.3 is 0 Å². The number of hydrogen-bond donors (Lipinski definition) is 1. The highest BCUT2D eigenvalue weighted by molar-refractivity contribution is 5.39. The summed E-state index contributed by atoms with van der Waals surface area (Å²) in [5.74, 6) is 1.41. The van der Waals surface area contributed by atoms with E-state index in [1.54, 1.807) is 0 Å². The molecule has 1 aromatic rings. The van der Waals surface area contributed by atoms with Crippen molar-refractivity contribution in [3.8, 4) is 5.75 Å². The molecule has 2 heterocycles. The van der Waals surface area contributed by atoms with Crippen molar-refractivity contribution in [1.29, 1.82) is 0 Å². The number of ether oxygens (including phenoxy) is 2. The lowest BCUT2D eigenvalue weighted by Gasteiger charge is -2.35. The lowest BCUT2D eigenvalue weighted by Crippen LogP contribution is -2.46. The van der Waals surface area contributed by atoms with E-state index in [2.05, 4.69) is 24.4 Å². The zero-order valence-corrected chi connectivity index (χ0v) is 10.9. The Bertz CT molecular complexity index is 413. The first-order chi connectivity index (χ1) is 8.77. The van der Waals surface area contributed by atoms with Gasteiger partial charge in [-0.15, -0.1) is 0 Å². The van der Waals surface area contributed by atoms with Crippen LogP contribution in [0.2, 0.25) is 0 Å². The van der Waals surface area contributed by atoms with Gasteiger partial charge in [-0.25, -0.2) is 0 Å². The Labute approximate surface area is 108 Å². The van der Waals surface area contributed by atoms with Gasteiger partial charge in [-0.05, 0) is 32.4 Å². The number of fused-ring (bicyclic) bond motifs is 1. The van der Waals surface area contributed by atoms with Crippen molar-refractivity contribution in [2.45, 2.75) is 31.3 Å². The van der Waals surface area contributed by atoms with Crippen LogP contribution in [0.1, 0.15) is 31.2 Å². The van der Waals surface area contributed by atoms with E-state index < -0.39 is 0 Å². The van der Waals surface area contributed by atoms with Gasteiger partial charge in [0.25, 0.3) is 0 Å². The predicted octanol–water partition coefficient (Wildman–Crippen LogP) is 2.32. The molecule has 2 aliphatic rings. The fraction of sp³-hybridized carbons (Fsp3) is 0.600. The highest BCUT2D eigenvalue weighted by atomic mass is 16.5. The van der Waals surface area contributed by atoms with Gasteiger partial charge in [0.15, 0.2) is 0 Å². The first kappa shape index (κ1) is 12.0. The minimum Gasteiger partial charge on any atom is -0.493 e. The summed E-state index contributed by atoms with van der Waals surface area (Å²) in [4.78, 5) is 0. The summed E-state index contributed by atoms with van der Waals surface area (Å²) in [6, 6.07) is 8.29. The molecule has 0 saturated carbocycles. The third kappa shape index (κ3) is 2.38. The van der Waals surface area contributed by atoms with E-state index in [4.69, 9.17) is 9.47 Å². The third-order valence-corrected chi connectivity index (χ3v) is 3.99. The normalized spacial score (nSPS) is 30.8. The van der Waals surface area contributed by atoms with E-state index in [0.717, 1.165) is 38.5 Å². The second-order valence-corrected chi connectivity index (χ2v) is 5.59. The van der Waals surface area contributed by atoms with Crippen LogP contribution in [0.25, 0.3) is 0 Å². The minimum absolute atomic E-state index is 0.00418. The number of nitrogens with one attached hydrogen (secondary N) is 1. The molecule has 1 N–H and O–H groups in total. The molecule has 2 unspecified atom stereocenters. The minimum atomic E-state index is -0.00418. The molecule has 0 aromatic heterocycles. The Hall–Kier alpha value is -1.06. The van der Waals surface area contributed by atoms with E-state index in [-0.39, 0.29) is 5.60 Å². The monoisotopic (exact) mass is 247 g/mol. The maximum atomic E-state index is 6.17. The van der Waals surface area contributed by atoms with E-state index in [1.165, 1.54) is 12.0 Å². The summed E-state index contributed by atoms with van der Waals surface area (Å²) in [5, 5.41) is 3.41. The van der Waals surface area contributed by atoms with Crippen LogP contribution in [0.5, 0.6) is 5.75 Å². The van der Waals surface area contributed by atoms with Crippen LogP contribution in [0, 0.1) is 0 Å². The molecule has 0 bridgehead atoms. The molecule has 3 rings (SSSR count). The van der Waals surface area contributed by atoms with Gasteiger partial charge in [0.1, 0.15) is 5.75 Å². The molecule has 0 radical (unpaired) electrons. The van der Waals surface area contributed by atoms with Crippen LogP contribution in [0.15, 0.2) is 24.3 Å². The molecule has 2 aliphatic heterocycles. The molecule has 3 nitrogen and oxygen atoms in total. The SMILES string of the molecule is CC1(OCC2COc3ccccc32)CCCNC1. The van der Waals surface area contributed by atoms with Crippen LogP contribution in [0.4, 0.5) is 0 Å². The fourth-order valence-corrected chi connectivity index (χ4v) is 2.82. The average Bonchev–Trinajstić information content (AvgIpc) is 2.81. The van der Waals surface area contributed by atoms with Crippen molar-refractivity contribution in [3.05, 3.63) is 29.8 Å². The molecular weight excluding hydrogens is 226 g/mol. The average molecular weight is 247 g/mol. The first-order valence-corrected chi connectivity index (χ1v) is 6.83. The highest BCUT2D eigenvalue weighted by Crippen LogP contribution is 2.34. The molecule has 0 spiro atoms. The Morgan fingerprint density at radius 3 is 3.17 bits per heavy atom. The zero-order valence-electron chi connectivity index (χ0n) is 10.9. The number of para-hydroxylation sites is 1. The van der Waals surface area contributed by atoms with Crippen LogP contribution in [-0.2, 0) is 4.74 Å². The Balaban J connectivity index is 1.61. The van der Waals surface area contributed by atoms with Crippen molar-refractivity contribution in [1.82, 2.24) is 5.32 Å². The fourth-order valence-electron chi connectivity index (χ4n) is 2.82. The van der Waals surface area contributed by atoms with Gasteiger partial charge in [0.2, 0.25) is 0 Å². The van der Waals surface area contributed by atoms with Crippen LogP contribution < -0.4 is 10.1 Å². The summed E-state index contributed by atoms with van der Waals surface area (Å²) in [7, 11) is 0. The summed E-state index contributed by atoms with van der Waals surface area (Å²) >= 11 is 0. The van der Waals surface area contributed by atoms with Gasteiger partial charge in [-0.3, -0.25) is 0 Å². The second-order valence-electron chi connectivity index (χ2n) is 5.59. The van der Waals surface area contributed by atoms with Crippen molar-refractivity contribution >= 4 is 0 Å². The molecule has 18 heavy (non-hydrogen) atoms. The maximum Gasteiger partial charge on any atom is 0.123 e. The van der Waals surface area contributed by atoms with Crippen LogP contribution in [0.3, 0.4) is 0 Å². The number of rotatable bonds is 3. The molecule has 1 saturated heterocycles. The molecular formula is C15H21NO2. The number of hydrogen-bond acceptors (Lipinski definition) is 3. The Kier molecular flexibility index (Phi) is 3.27. The summed E-state index contributed by atoms with van der Waals surface area (Å²) in [6.07, 6.45) is 2.35. The lowest BCUT2D eigenvalue weighted by atomic mass is 9.95. The topological polar surface area (TPSA) is 30.5 Å². The molecule has 98 valence electrons. The second kappa shape index (κ2) is 4.90. The van der Waals surface area contributed by atoms with E-state index in [1.807, 2.05) is 12.1 Å². The van der Waals surface area contributed by atoms with Gasteiger partial charge in [-0.2, -0.15) is 0 Å². The van der Waals surface area contributed by atoms with E-state index in [0.29, 0.717) is 5.92 Å². The first-order valence-electron chi connectivity index (χ1n) is 6.83. The largest absolute Gasteiger partial charge is 0.493 e. The molecule has 1 fully saturated rings. The molecule has 2 atom stereocenters. The maximum absolute atomic E-state index is 6.17. The molecule has 0 amide bonds. The Morgan fingerprint density at radius 1 is 1.44 bits per heavy atom. The highest BCUT2D eigenvalue weighted by Gasteiger charge is 2.31. The van der Waals surface area contributed by atoms with Gasteiger partial charge in [0, 0.05) is 18.0 Å². The van der Waals surface area contributed by atoms with Gasteiger partial charge < -0.3 is 14.8 Å². The van der Waals surface area contributed by atoms with Crippen molar-refractivity contribution in [3.63, 3.8) is 0 Å². The predicted molar refractivity (Wildman–Crippen MR) is 71.1 cm³/mol. The van der Waals surface area contributed by atoms with Crippen molar-refractivity contribution in [2.75, 3.05) is 26.3 Å². The standard InChI is InChI=1S/C15H21NO2/c1-15(7-4-8-16-11-15)18-10-12-9-17-14-6-3-2-5-13(12)14/h2-3,5-6,12,16H,4,7-11H2,1H3. The number of benzene rings is 1. The number of piperidine rings is 1. The van der Waals surface area contributed by atoms with Crippen molar-refractivity contribution < 1.29 is 9.47 Å². The van der Waals surface area contributed by atoms with Gasteiger partial charge in [-0.1, -0.05) is 18.2 Å². The van der Waals surface area contributed by atoms with Crippen LogP contribution >= 0.6 is 0 Å². The Morgan fingerprint density at radius 2 is 2.33 bits per heavy atom. The zero-order chi connectivity index (χ0) is 12.4. The summed E-state index contributed by atoms with van der Waals surface area (Å²) in [5.41, 5.74) is 1.29. The smallest absolute Gasteiger partial charge is 0.123 e. The van der Waals surface area contributed by atoms with E-state index in [9.17, 15) is 0 Å². The van der Waals surface area contributed by atoms with Crippen molar-refractivity contribution in [2.24, 2.45) is 0 Å². The van der Waals surface area contributed by atoms with Gasteiger partial charge in [0.05, 0.1) is 18.8 Å². The van der Waals surface area contributed by atoms with E-state index >= 15 is 0 Å². The summed E-state index contributed by atoms with van der Waals surface area (Å²) in [6.45, 7) is 5.80.